The van der Waals surface area contributed by atoms with E-state index in [2.05, 4.69) is 59.6 Å². The number of amides is 1. The molecule has 0 bridgehead atoms. The van der Waals surface area contributed by atoms with Crippen LogP contribution < -0.4 is 4.74 Å². The fourth-order valence-electron chi connectivity index (χ4n) is 5.25. The van der Waals surface area contributed by atoms with Gasteiger partial charge in [-0.05, 0) is 74.7 Å². The number of carbonyl (C=O) groups excluding carboxylic acids is 1. The minimum absolute atomic E-state index is 0.0231. The molecule has 2 aliphatic heterocycles. The lowest BCUT2D eigenvalue weighted by Crippen LogP contribution is -2.50. The maximum absolute atomic E-state index is 13.1. The zero-order valence-corrected chi connectivity index (χ0v) is 19.8. The molecular weight excluding hydrogens is 388 g/mol. The number of benzene rings is 1. The fraction of sp³-hybridized carbons (Fsp3) is 0.680. The monoisotopic (exact) mass is 426 g/mol. The van der Waals surface area contributed by atoms with E-state index >= 15 is 0 Å². The standard InChI is InChI=1S/C25H38N4O2/c1-17-14-19(16-21-22(17)27-24(26-21)31-5)15-18(2)23(30)29-10-6-20(7-11-29)28-12-8-25(3,4)9-13-28/h14,16,18,20H,6-13,15H2,1-5H3,(H,26,27)/t18-/m1/s1. The van der Waals surface area contributed by atoms with Gasteiger partial charge in [0, 0.05) is 25.0 Å². The number of piperidine rings is 2. The second-order valence-electron chi connectivity index (χ2n) is 10.4. The molecule has 2 fully saturated rings. The van der Waals surface area contributed by atoms with Crippen LogP contribution in [0.15, 0.2) is 12.1 Å². The van der Waals surface area contributed by atoms with Gasteiger partial charge in [0.25, 0.3) is 6.01 Å². The number of imidazole rings is 1. The van der Waals surface area contributed by atoms with Crippen LogP contribution in [0.1, 0.15) is 57.6 Å². The third-order valence-corrected chi connectivity index (χ3v) is 7.43. The van der Waals surface area contributed by atoms with Crippen molar-refractivity contribution in [1.82, 2.24) is 19.8 Å². The Balaban J connectivity index is 1.32. The molecular formula is C25H38N4O2. The molecule has 0 radical (unpaired) electrons. The number of methoxy groups -OCH3 is 1. The summed E-state index contributed by atoms with van der Waals surface area (Å²) in [5.74, 6) is 0.264. The highest BCUT2D eigenvalue weighted by atomic mass is 16.5. The van der Waals surface area contributed by atoms with Gasteiger partial charge in [-0.1, -0.05) is 26.8 Å². The first-order valence-corrected chi connectivity index (χ1v) is 11.8. The van der Waals surface area contributed by atoms with Gasteiger partial charge in [0.1, 0.15) is 0 Å². The van der Waals surface area contributed by atoms with Gasteiger partial charge in [-0.3, -0.25) is 4.79 Å². The summed E-state index contributed by atoms with van der Waals surface area (Å²) in [6.07, 6.45) is 5.53. The van der Waals surface area contributed by atoms with Gasteiger partial charge < -0.3 is 19.5 Å². The van der Waals surface area contributed by atoms with E-state index < -0.39 is 0 Å². The third-order valence-electron chi connectivity index (χ3n) is 7.43. The summed E-state index contributed by atoms with van der Waals surface area (Å²) in [6, 6.07) is 5.41. The normalized spacial score (nSPS) is 21.4. The molecule has 1 atom stereocenters. The van der Waals surface area contributed by atoms with Crippen molar-refractivity contribution in [2.75, 3.05) is 33.3 Å². The first kappa shape index (κ1) is 22.1. The minimum Gasteiger partial charge on any atom is -0.468 e. The fourth-order valence-corrected chi connectivity index (χ4v) is 5.25. The molecule has 0 spiro atoms. The van der Waals surface area contributed by atoms with Gasteiger partial charge in [0.05, 0.1) is 18.1 Å². The number of nitrogens with zero attached hydrogens (tertiary/aromatic N) is 3. The number of hydrogen-bond acceptors (Lipinski definition) is 4. The molecule has 0 aliphatic carbocycles. The molecule has 4 rings (SSSR count). The van der Waals surface area contributed by atoms with E-state index in [1.165, 1.54) is 25.9 Å². The number of aryl methyl sites for hydroxylation is 1. The van der Waals surface area contributed by atoms with Crippen LogP contribution in [0.25, 0.3) is 11.0 Å². The number of aromatic amines is 1. The van der Waals surface area contributed by atoms with Crippen LogP contribution in [-0.4, -0.2) is 65.0 Å². The van der Waals surface area contributed by atoms with Crippen molar-refractivity contribution < 1.29 is 9.53 Å². The highest BCUT2D eigenvalue weighted by Gasteiger charge is 2.32. The van der Waals surface area contributed by atoms with Crippen LogP contribution in [0.2, 0.25) is 0 Å². The number of nitrogens with one attached hydrogen (secondary N) is 1. The molecule has 2 saturated heterocycles. The van der Waals surface area contributed by atoms with E-state index in [1.807, 2.05) is 0 Å². The number of carbonyl (C=O) groups is 1. The zero-order valence-electron chi connectivity index (χ0n) is 19.8. The van der Waals surface area contributed by atoms with Crippen molar-refractivity contribution in [3.8, 4) is 6.01 Å². The molecule has 0 unspecified atom stereocenters. The number of ether oxygens (including phenoxy) is 1. The molecule has 31 heavy (non-hydrogen) atoms. The van der Waals surface area contributed by atoms with Crippen molar-refractivity contribution in [3.05, 3.63) is 23.3 Å². The van der Waals surface area contributed by atoms with Crippen molar-refractivity contribution in [3.63, 3.8) is 0 Å². The van der Waals surface area contributed by atoms with Gasteiger partial charge >= 0.3 is 0 Å². The van der Waals surface area contributed by atoms with Gasteiger partial charge in [-0.15, -0.1) is 0 Å². The number of likely N-dealkylation sites (tertiary alicyclic amines) is 2. The molecule has 6 nitrogen and oxygen atoms in total. The highest BCUT2D eigenvalue weighted by Crippen LogP contribution is 2.32. The second-order valence-corrected chi connectivity index (χ2v) is 10.4. The van der Waals surface area contributed by atoms with Crippen LogP contribution in [0.5, 0.6) is 6.01 Å². The van der Waals surface area contributed by atoms with E-state index in [4.69, 9.17) is 4.74 Å². The number of hydrogen-bond donors (Lipinski definition) is 1. The molecule has 170 valence electrons. The lowest BCUT2D eigenvalue weighted by Gasteiger charge is -2.44. The Morgan fingerprint density at radius 1 is 1.23 bits per heavy atom. The predicted molar refractivity (Wildman–Crippen MR) is 124 cm³/mol. The average Bonchev–Trinajstić information content (AvgIpc) is 3.17. The number of aromatic nitrogens is 2. The minimum atomic E-state index is -0.0231. The van der Waals surface area contributed by atoms with Gasteiger partial charge in [0.2, 0.25) is 5.91 Å². The molecule has 1 aromatic heterocycles. The Morgan fingerprint density at radius 3 is 2.55 bits per heavy atom. The molecule has 1 aromatic carbocycles. The quantitative estimate of drug-likeness (QED) is 0.779. The largest absolute Gasteiger partial charge is 0.468 e. The maximum Gasteiger partial charge on any atom is 0.294 e. The smallest absolute Gasteiger partial charge is 0.294 e. The molecule has 1 N–H and O–H groups in total. The Kier molecular flexibility index (Phi) is 6.29. The summed E-state index contributed by atoms with van der Waals surface area (Å²) < 4.78 is 5.22. The van der Waals surface area contributed by atoms with Crippen LogP contribution in [-0.2, 0) is 11.2 Å². The molecule has 1 amide bonds. The lowest BCUT2D eigenvalue weighted by molar-refractivity contribution is -0.136. The van der Waals surface area contributed by atoms with Crippen LogP contribution in [0.4, 0.5) is 0 Å². The first-order valence-electron chi connectivity index (χ1n) is 11.8. The van der Waals surface area contributed by atoms with E-state index in [1.54, 1.807) is 7.11 Å². The summed E-state index contributed by atoms with van der Waals surface area (Å²) in [7, 11) is 1.62. The molecule has 3 heterocycles. The number of rotatable bonds is 5. The van der Waals surface area contributed by atoms with Crippen molar-refractivity contribution in [2.24, 2.45) is 11.3 Å². The summed E-state index contributed by atoms with van der Waals surface area (Å²) in [4.78, 5) is 25.6. The molecule has 0 saturated carbocycles. The van der Waals surface area contributed by atoms with E-state index in [0.717, 1.165) is 54.5 Å². The van der Waals surface area contributed by atoms with E-state index in [-0.39, 0.29) is 11.8 Å². The molecule has 2 aromatic rings. The Morgan fingerprint density at radius 2 is 1.90 bits per heavy atom. The third kappa shape index (κ3) is 4.89. The van der Waals surface area contributed by atoms with Crippen LogP contribution in [0, 0.1) is 18.3 Å². The average molecular weight is 427 g/mol. The van der Waals surface area contributed by atoms with Gasteiger partial charge in [-0.25, -0.2) is 0 Å². The van der Waals surface area contributed by atoms with Crippen molar-refractivity contribution in [1.29, 1.82) is 0 Å². The summed E-state index contributed by atoms with van der Waals surface area (Å²) in [5.41, 5.74) is 4.68. The van der Waals surface area contributed by atoms with Crippen molar-refractivity contribution >= 4 is 16.9 Å². The zero-order chi connectivity index (χ0) is 22.2. The van der Waals surface area contributed by atoms with Gasteiger partial charge in [0.15, 0.2) is 0 Å². The van der Waals surface area contributed by atoms with E-state index in [0.29, 0.717) is 17.5 Å². The number of H-pyrrole nitrogens is 1. The summed E-state index contributed by atoms with van der Waals surface area (Å²) in [5, 5.41) is 0. The van der Waals surface area contributed by atoms with Crippen molar-refractivity contribution in [2.45, 2.75) is 65.8 Å². The van der Waals surface area contributed by atoms with Gasteiger partial charge in [-0.2, -0.15) is 4.98 Å². The predicted octanol–water partition coefficient (Wildman–Crippen LogP) is 4.17. The lowest BCUT2D eigenvalue weighted by atomic mass is 9.82. The molecule has 6 heteroatoms. The number of fused-ring (bicyclic) bond motifs is 1. The Labute approximate surface area is 186 Å². The van der Waals surface area contributed by atoms with E-state index in [9.17, 15) is 4.79 Å². The topological polar surface area (TPSA) is 61.5 Å². The Bertz CT molecular complexity index is 917. The first-order chi connectivity index (χ1) is 14.8. The SMILES string of the molecule is COc1nc2cc(C[C@@H](C)C(=O)N3CCC(N4CCC(C)(C)CC4)CC3)cc(C)c2[nH]1. The highest BCUT2D eigenvalue weighted by molar-refractivity contribution is 5.81. The summed E-state index contributed by atoms with van der Waals surface area (Å²) >= 11 is 0. The summed E-state index contributed by atoms with van der Waals surface area (Å²) in [6.45, 7) is 13.1. The van der Waals surface area contributed by atoms with Crippen LogP contribution in [0.3, 0.4) is 0 Å². The second kappa shape index (κ2) is 8.81. The Hall–Kier alpha value is -2.08. The maximum atomic E-state index is 13.1. The molecule has 2 aliphatic rings. The van der Waals surface area contributed by atoms with Crippen LogP contribution >= 0.6 is 0 Å².